The van der Waals surface area contributed by atoms with E-state index in [4.69, 9.17) is 0 Å². The highest BCUT2D eigenvalue weighted by Gasteiger charge is 2.32. The van der Waals surface area contributed by atoms with Gasteiger partial charge in [0.1, 0.15) is 11.6 Å². The van der Waals surface area contributed by atoms with Crippen LogP contribution in [0.5, 0.6) is 0 Å². The number of ketones is 3. The van der Waals surface area contributed by atoms with Gasteiger partial charge in [0.15, 0.2) is 5.78 Å². The predicted octanol–water partition coefficient (Wildman–Crippen LogP) is 6.83. The second kappa shape index (κ2) is 12.9. The molecule has 3 rings (SSSR count). The standard InChI is InChI=1S/C29H40O3/c1-2-25(30)20-19-24(21-22-11-4-3-5-12-22)28(31)17-10-18-29(32)27-16-9-7-14-23-13-6-8-15-26(23)27/h3-5,11-12,16,23-24,26H,2,6-10,13-15,17-21H2,1H3. The van der Waals surface area contributed by atoms with E-state index in [2.05, 4.69) is 6.08 Å². The Morgan fingerprint density at radius 1 is 0.938 bits per heavy atom. The van der Waals surface area contributed by atoms with Crippen LogP contribution in [0.25, 0.3) is 0 Å². The van der Waals surface area contributed by atoms with Crippen molar-refractivity contribution >= 4 is 17.3 Å². The molecule has 2 aliphatic rings. The molecule has 32 heavy (non-hydrogen) atoms. The van der Waals surface area contributed by atoms with Gasteiger partial charge in [-0.15, -0.1) is 0 Å². The number of rotatable bonds is 12. The average molecular weight is 437 g/mol. The van der Waals surface area contributed by atoms with E-state index in [-0.39, 0.29) is 23.3 Å². The minimum Gasteiger partial charge on any atom is -0.300 e. The van der Waals surface area contributed by atoms with E-state index >= 15 is 0 Å². The third-order valence-electron chi connectivity index (χ3n) is 7.55. The van der Waals surface area contributed by atoms with Gasteiger partial charge in [0.2, 0.25) is 0 Å². The third-order valence-corrected chi connectivity index (χ3v) is 7.55. The van der Waals surface area contributed by atoms with E-state index in [0.29, 0.717) is 56.8 Å². The maximum atomic E-state index is 13.1. The normalized spacial score (nSPS) is 21.7. The van der Waals surface area contributed by atoms with Crippen molar-refractivity contribution in [2.45, 2.75) is 96.8 Å². The van der Waals surface area contributed by atoms with Crippen LogP contribution in [0.4, 0.5) is 0 Å². The van der Waals surface area contributed by atoms with Gasteiger partial charge in [-0.2, -0.15) is 0 Å². The quantitative estimate of drug-likeness (QED) is 0.361. The Kier molecular flexibility index (Phi) is 9.89. The first-order valence-electron chi connectivity index (χ1n) is 12.9. The van der Waals surface area contributed by atoms with Crippen LogP contribution in [-0.4, -0.2) is 17.3 Å². The Balaban J connectivity index is 1.54. The molecule has 3 nitrogen and oxygen atoms in total. The summed E-state index contributed by atoms with van der Waals surface area (Å²) >= 11 is 0. The van der Waals surface area contributed by atoms with E-state index in [9.17, 15) is 14.4 Å². The molecule has 3 heteroatoms. The second-order valence-corrected chi connectivity index (χ2v) is 9.80. The summed E-state index contributed by atoms with van der Waals surface area (Å²) in [6, 6.07) is 10.1. The van der Waals surface area contributed by atoms with Crippen LogP contribution in [0.2, 0.25) is 0 Å². The summed E-state index contributed by atoms with van der Waals surface area (Å²) in [7, 11) is 0. The fraction of sp³-hybridized carbons (Fsp3) is 0.621. The molecule has 1 aromatic carbocycles. The van der Waals surface area contributed by atoms with Crippen molar-refractivity contribution < 1.29 is 14.4 Å². The van der Waals surface area contributed by atoms with E-state index in [1.807, 2.05) is 37.3 Å². The van der Waals surface area contributed by atoms with Gasteiger partial charge in [0.05, 0.1) is 0 Å². The van der Waals surface area contributed by atoms with Gasteiger partial charge in [-0.3, -0.25) is 14.4 Å². The Bertz CT molecular complexity index is 792. The summed E-state index contributed by atoms with van der Waals surface area (Å²) in [4.78, 5) is 38.0. The molecule has 0 bridgehead atoms. The van der Waals surface area contributed by atoms with Gasteiger partial charge in [-0.25, -0.2) is 0 Å². The molecule has 1 aromatic rings. The van der Waals surface area contributed by atoms with Crippen LogP contribution in [0.15, 0.2) is 42.0 Å². The first-order chi connectivity index (χ1) is 15.6. The van der Waals surface area contributed by atoms with Crippen molar-refractivity contribution in [1.82, 2.24) is 0 Å². The lowest BCUT2D eigenvalue weighted by molar-refractivity contribution is -0.124. The molecule has 0 amide bonds. The fourth-order valence-electron chi connectivity index (χ4n) is 5.63. The number of fused-ring (bicyclic) bond motifs is 1. The number of hydrogen-bond donors (Lipinski definition) is 0. The Morgan fingerprint density at radius 2 is 1.69 bits per heavy atom. The molecule has 2 aliphatic carbocycles. The van der Waals surface area contributed by atoms with Crippen molar-refractivity contribution in [2.24, 2.45) is 17.8 Å². The van der Waals surface area contributed by atoms with Gasteiger partial charge in [0.25, 0.3) is 0 Å². The summed E-state index contributed by atoms with van der Waals surface area (Å²) in [6.45, 7) is 1.88. The first-order valence-corrected chi connectivity index (χ1v) is 12.9. The van der Waals surface area contributed by atoms with Crippen molar-refractivity contribution in [1.29, 1.82) is 0 Å². The molecule has 174 valence electrons. The largest absolute Gasteiger partial charge is 0.300 e. The minimum atomic E-state index is -0.136. The monoisotopic (exact) mass is 436 g/mol. The lowest BCUT2D eigenvalue weighted by atomic mass is 9.73. The van der Waals surface area contributed by atoms with Crippen LogP contribution in [0.3, 0.4) is 0 Å². The molecule has 0 saturated heterocycles. The van der Waals surface area contributed by atoms with Crippen LogP contribution in [0.1, 0.15) is 96.0 Å². The number of carbonyl (C=O) groups excluding carboxylic acids is 3. The number of benzene rings is 1. The SMILES string of the molecule is CCC(=O)CCC(Cc1ccccc1)C(=O)CCCC(=O)C1=CCCCC2CCCCC12. The molecule has 0 aromatic heterocycles. The fourth-order valence-corrected chi connectivity index (χ4v) is 5.63. The number of Topliss-reactive ketones (excluding diaryl/α,β-unsaturated/α-hetero) is 3. The topological polar surface area (TPSA) is 51.2 Å². The van der Waals surface area contributed by atoms with E-state index in [0.717, 1.165) is 24.0 Å². The van der Waals surface area contributed by atoms with E-state index in [1.165, 1.54) is 32.1 Å². The van der Waals surface area contributed by atoms with Gasteiger partial charge in [0, 0.05) is 31.6 Å². The Labute approximate surface area is 194 Å². The van der Waals surface area contributed by atoms with Gasteiger partial charge < -0.3 is 0 Å². The maximum Gasteiger partial charge on any atom is 0.158 e. The van der Waals surface area contributed by atoms with Gasteiger partial charge in [-0.1, -0.05) is 56.2 Å². The van der Waals surface area contributed by atoms with Crippen molar-refractivity contribution in [3.8, 4) is 0 Å². The lowest BCUT2D eigenvalue weighted by Gasteiger charge is -2.31. The zero-order valence-corrected chi connectivity index (χ0v) is 19.8. The molecule has 1 fully saturated rings. The van der Waals surface area contributed by atoms with E-state index in [1.54, 1.807) is 0 Å². The number of carbonyl (C=O) groups is 3. The van der Waals surface area contributed by atoms with Crippen molar-refractivity contribution in [2.75, 3.05) is 0 Å². The van der Waals surface area contributed by atoms with E-state index < -0.39 is 0 Å². The van der Waals surface area contributed by atoms with Crippen LogP contribution >= 0.6 is 0 Å². The van der Waals surface area contributed by atoms with Gasteiger partial charge >= 0.3 is 0 Å². The predicted molar refractivity (Wildman–Crippen MR) is 129 cm³/mol. The average Bonchev–Trinajstić information content (AvgIpc) is 3.04. The molecule has 3 unspecified atom stereocenters. The van der Waals surface area contributed by atoms with Crippen molar-refractivity contribution in [3.63, 3.8) is 0 Å². The summed E-state index contributed by atoms with van der Waals surface area (Å²) in [5, 5.41) is 0. The molecule has 0 radical (unpaired) electrons. The van der Waals surface area contributed by atoms with Crippen LogP contribution in [-0.2, 0) is 20.8 Å². The number of hydrogen-bond acceptors (Lipinski definition) is 3. The van der Waals surface area contributed by atoms with Crippen LogP contribution in [0, 0.1) is 17.8 Å². The zero-order chi connectivity index (χ0) is 22.8. The lowest BCUT2D eigenvalue weighted by Crippen LogP contribution is -2.24. The Hall–Kier alpha value is -2.03. The summed E-state index contributed by atoms with van der Waals surface area (Å²) in [5.74, 6) is 1.71. The smallest absolute Gasteiger partial charge is 0.158 e. The molecule has 0 aliphatic heterocycles. The third kappa shape index (κ3) is 7.25. The Morgan fingerprint density at radius 3 is 2.47 bits per heavy atom. The highest BCUT2D eigenvalue weighted by atomic mass is 16.1. The molecule has 1 saturated carbocycles. The molecule has 0 heterocycles. The maximum absolute atomic E-state index is 13.1. The summed E-state index contributed by atoms with van der Waals surface area (Å²) in [5.41, 5.74) is 2.21. The highest BCUT2D eigenvalue weighted by Crippen LogP contribution is 2.41. The van der Waals surface area contributed by atoms with Gasteiger partial charge in [-0.05, 0) is 74.3 Å². The summed E-state index contributed by atoms with van der Waals surface area (Å²) < 4.78 is 0. The number of allylic oxidation sites excluding steroid dienone is 2. The highest BCUT2D eigenvalue weighted by molar-refractivity contribution is 5.96. The first kappa shape index (κ1) is 24.6. The van der Waals surface area contributed by atoms with Crippen molar-refractivity contribution in [3.05, 3.63) is 47.5 Å². The molecule has 3 atom stereocenters. The molecular formula is C29H40O3. The zero-order valence-electron chi connectivity index (χ0n) is 19.8. The van der Waals surface area contributed by atoms with Crippen LogP contribution < -0.4 is 0 Å². The minimum absolute atomic E-state index is 0.136. The molecular weight excluding hydrogens is 396 g/mol. The molecule has 0 N–H and O–H groups in total. The second-order valence-electron chi connectivity index (χ2n) is 9.80. The summed E-state index contributed by atoms with van der Waals surface area (Å²) in [6.07, 6.45) is 14.5. The molecule has 0 spiro atoms.